The van der Waals surface area contributed by atoms with Crippen molar-refractivity contribution in [3.63, 3.8) is 0 Å². The Morgan fingerprint density at radius 3 is 2.59 bits per heavy atom. The molecule has 90 valence electrons. The van der Waals surface area contributed by atoms with E-state index in [1.54, 1.807) is 16.9 Å². The molecule has 1 heterocycles. The van der Waals surface area contributed by atoms with Gasteiger partial charge in [0.2, 0.25) is 0 Å². The van der Waals surface area contributed by atoms with Gasteiger partial charge in [-0.05, 0) is 18.2 Å². The molecule has 0 saturated carbocycles. The Balaban J connectivity index is 2.67. The van der Waals surface area contributed by atoms with Crippen LogP contribution in [0.3, 0.4) is 0 Å². The second-order valence-corrected chi connectivity index (χ2v) is 4.13. The minimum atomic E-state index is -0.266. The summed E-state index contributed by atoms with van der Waals surface area (Å²) in [4.78, 5) is 1.85. The number of nitrogens with two attached hydrogens (primary N) is 1. The Morgan fingerprint density at radius 1 is 1.35 bits per heavy atom. The van der Waals surface area contributed by atoms with Crippen molar-refractivity contribution in [3.8, 4) is 11.3 Å². The van der Waals surface area contributed by atoms with Crippen LogP contribution < -0.4 is 10.6 Å². The highest BCUT2D eigenvalue weighted by Gasteiger charge is 2.14. The molecule has 0 aliphatic heterocycles. The normalized spacial score (nSPS) is 10.6. The molecule has 2 aromatic rings. The standard InChI is InChI=1S/C12H15FN4/c1-16(2)11-6-8(13)4-5-9(11)12-10(14)7-15-17(12)3/h4-7H,14H2,1-3H3. The SMILES string of the molecule is CN(C)c1cc(F)ccc1-c1c(N)cnn1C. The molecule has 4 nitrogen and oxygen atoms in total. The molecule has 0 atom stereocenters. The van der Waals surface area contributed by atoms with Gasteiger partial charge in [-0.1, -0.05) is 0 Å². The molecule has 0 unspecified atom stereocenters. The number of anilines is 2. The van der Waals surface area contributed by atoms with Crippen molar-refractivity contribution >= 4 is 11.4 Å². The van der Waals surface area contributed by atoms with E-state index in [1.165, 1.54) is 12.1 Å². The molecule has 0 spiro atoms. The zero-order valence-electron chi connectivity index (χ0n) is 10.1. The zero-order valence-corrected chi connectivity index (χ0v) is 10.1. The Morgan fingerprint density at radius 2 is 2.06 bits per heavy atom. The molecule has 1 aromatic carbocycles. The Labute approximate surface area is 99.5 Å². The van der Waals surface area contributed by atoms with Crippen molar-refractivity contribution < 1.29 is 4.39 Å². The lowest BCUT2D eigenvalue weighted by atomic mass is 10.1. The van der Waals surface area contributed by atoms with E-state index in [0.29, 0.717) is 5.69 Å². The number of hydrogen-bond acceptors (Lipinski definition) is 3. The van der Waals surface area contributed by atoms with Gasteiger partial charge < -0.3 is 10.6 Å². The summed E-state index contributed by atoms with van der Waals surface area (Å²) in [6, 6.07) is 4.63. The van der Waals surface area contributed by atoms with E-state index < -0.39 is 0 Å². The number of benzene rings is 1. The van der Waals surface area contributed by atoms with Gasteiger partial charge in [0.15, 0.2) is 0 Å². The molecule has 5 heteroatoms. The Kier molecular flexibility index (Phi) is 2.75. The minimum Gasteiger partial charge on any atom is -0.396 e. The molecular formula is C12H15FN4. The summed E-state index contributed by atoms with van der Waals surface area (Å²) in [5.74, 6) is -0.266. The van der Waals surface area contributed by atoms with E-state index in [-0.39, 0.29) is 5.82 Å². The maximum Gasteiger partial charge on any atom is 0.125 e. The van der Waals surface area contributed by atoms with Crippen LogP contribution >= 0.6 is 0 Å². The zero-order chi connectivity index (χ0) is 12.6. The first-order chi connectivity index (χ1) is 8.00. The number of nitrogens with zero attached hydrogens (tertiary/aromatic N) is 3. The van der Waals surface area contributed by atoms with Crippen molar-refractivity contribution in [1.82, 2.24) is 9.78 Å². The molecule has 0 amide bonds. The monoisotopic (exact) mass is 234 g/mol. The summed E-state index contributed by atoms with van der Waals surface area (Å²) in [5.41, 5.74) is 8.92. The lowest BCUT2D eigenvalue weighted by molar-refractivity contribution is 0.627. The predicted molar refractivity (Wildman–Crippen MR) is 67.3 cm³/mol. The quantitative estimate of drug-likeness (QED) is 0.863. The van der Waals surface area contributed by atoms with Gasteiger partial charge >= 0.3 is 0 Å². The second-order valence-electron chi connectivity index (χ2n) is 4.13. The predicted octanol–water partition coefficient (Wildman–Crippen LogP) is 1.87. The van der Waals surface area contributed by atoms with Gasteiger partial charge in [-0.25, -0.2) is 4.39 Å². The maximum absolute atomic E-state index is 13.3. The lowest BCUT2D eigenvalue weighted by Crippen LogP contribution is -2.11. The summed E-state index contributed by atoms with van der Waals surface area (Å²) in [6.07, 6.45) is 1.60. The third kappa shape index (κ3) is 1.95. The summed E-state index contributed by atoms with van der Waals surface area (Å²) in [5, 5.41) is 4.09. The van der Waals surface area contributed by atoms with Gasteiger partial charge in [-0.3, -0.25) is 4.68 Å². The summed E-state index contributed by atoms with van der Waals surface area (Å²) >= 11 is 0. The molecule has 0 aliphatic rings. The fourth-order valence-corrected chi connectivity index (χ4v) is 1.86. The molecule has 0 radical (unpaired) electrons. The number of aromatic nitrogens is 2. The van der Waals surface area contributed by atoms with Gasteiger partial charge in [-0.2, -0.15) is 5.10 Å². The summed E-state index contributed by atoms with van der Waals surface area (Å²) in [7, 11) is 5.55. The molecule has 17 heavy (non-hydrogen) atoms. The van der Waals surface area contributed by atoms with Crippen LogP contribution in [0, 0.1) is 5.82 Å². The van der Waals surface area contributed by atoms with Gasteiger partial charge in [0, 0.05) is 32.4 Å². The van der Waals surface area contributed by atoms with E-state index in [0.717, 1.165) is 16.9 Å². The average molecular weight is 234 g/mol. The van der Waals surface area contributed by atoms with Crippen LogP contribution in [0.4, 0.5) is 15.8 Å². The van der Waals surface area contributed by atoms with E-state index >= 15 is 0 Å². The third-order valence-electron chi connectivity index (χ3n) is 2.66. The summed E-state index contributed by atoms with van der Waals surface area (Å²) in [6.45, 7) is 0. The van der Waals surface area contributed by atoms with Crippen molar-refractivity contribution in [2.75, 3.05) is 24.7 Å². The number of nitrogen functional groups attached to an aromatic ring is 1. The van der Waals surface area contributed by atoms with Gasteiger partial charge in [-0.15, -0.1) is 0 Å². The largest absolute Gasteiger partial charge is 0.396 e. The van der Waals surface area contributed by atoms with Gasteiger partial charge in [0.25, 0.3) is 0 Å². The van der Waals surface area contributed by atoms with Crippen molar-refractivity contribution in [2.45, 2.75) is 0 Å². The van der Waals surface area contributed by atoms with E-state index in [2.05, 4.69) is 5.10 Å². The smallest absolute Gasteiger partial charge is 0.125 e. The molecule has 0 saturated heterocycles. The molecular weight excluding hydrogens is 219 g/mol. The van der Waals surface area contributed by atoms with Crippen LogP contribution in [-0.4, -0.2) is 23.9 Å². The van der Waals surface area contributed by atoms with Crippen LogP contribution in [0.5, 0.6) is 0 Å². The van der Waals surface area contributed by atoms with Crippen LogP contribution in [0.15, 0.2) is 24.4 Å². The Hall–Kier alpha value is -2.04. The van der Waals surface area contributed by atoms with E-state index in [1.807, 2.05) is 26.0 Å². The highest BCUT2D eigenvalue weighted by molar-refractivity contribution is 5.83. The number of halogens is 1. The third-order valence-corrected chi connectivity index (χ3v) is 2.66. The fraction of sp³-hybridized carbons (Fsp3) is 0.250. The summed E-state index contributed by atoms with van der Waals surface area (Å²) < 4.78 is 15.0. The number of rotatable bonds is 2. The van der Waals surface area contributed by atoms with Gasteiger partial charge in [0.1, 0.15) is 5.82 Å². The highest BCUT2D eigenvalue weighted by atomic mass is 19.1. The lowest BCUT2D eigenvalue weighted by Gasteiger charge is -2.18. The minimum absolute atomic E-state index is 0.266. The number of aryl methyl sites for hydroxylation is 1. The molecule has 0 fully saturated rings. The van der Waals surface area contributed by atoms with Crippen molar-refractivity contribution in [2.24, 2.45) is 7.05 Å². The van der Waals surface area contributed by atoms with Crippen LogP contribution in [0.1, 0.15) is 0 Å². The first-order valence-corrected chi connectivity index (χ1v) is 5.25. The second kappa shape index (κ2) is 4.08. The van der Waals surface area contributed by atoms with Crippen LogP contribution in [-0.2, 0) is 7.05 Å². The molecule has 2 rings (SSSR count). The molecule has 1 aromatic heterocycles. The van der Waals surface area contributed by atoms with Crippen molar-refractivity contribution in [3.05, 3.63) is 30.2 Å². The maximum atomic E-state index is 13.3. The first kappa shape index (κ1) is 11.4. The van der Waals surface area contributed by atoms with E-state index in [9.17, 15) is 4.39 Å². The first-order valence-electron chi connectivity index (χ1n) is 5.25. The highest BCUT2D eigenvalue weighted by Crippen LogP contribution is 2.33. The Bertz CT molecular complexity index is 526. The topological polar surface area (TPSA) is 47.1 Å². The molecule has 0 bridgehead atoms. The average Bonchev–Trinajstić information content (AvgIpc) is 2.59. The van der Waals surface area contributed by atoms with Crippen LogP contribution in [0.2, 0.25) is 0 Å². The van der Waals surface area contributed by atoms with Crippen LogP contribution in [0.25, 0.3) is 11.3 Å². The molecule has 2 N–H and O–H groups in total. The number of hydrogen-bond donors (Lipinski definition) is 1. The van der Waals surface area contributed by atoms with Gasteiger partial charge in [0.05, 0.1) is 17.6 Å². The van der Waals surface area contributed by atoms with E-state index in [4.69, 9.17) is 5.73 Å². The fourth-order valence-electron chi connectivity index (χ4n) is 1.86. The molecule has 0 aliphatic carbocycles. The van der Waals surface area contributed by atoms with Crippen molar-refractivity contribution in [1.29, 1.82) is 0 Å².